The van der Waals surface area contributed by atoms with E-state index < -0.39 is 79.0 Å². The monoisotopic (exact) mass is 750 g/mol. The lowest BCUT2D eigenvalue weighted by Crippen LogP contribution is -2.60. The molecule has 0 bridgehead atoms. The maximum absolute atomic E-state index is 13.7. The topological polar surface area (TPSA) is 173 Å². The van der Waals surface area contributed by atoms with E-state index in [9.17, 15) is 27.6 Å². The maximum Gasteiger partial charge on any atom is 0.332 e. The van der Waals surface area contributed by atoms with Crippen LogP contribution >= 0.6 is 0 Å². The third-order valence-corrected chi connectivity index (χ3v) is 20.3. The number of amides is 3. The Balaban J connectivity index is 1.94. The highest BCUT2D eigenvalue weighted by Crippen LogP contribution is 2.52. The van der Waals surface area contributed by atoms with Crippen LogP contribution in [0.15, 0.2) is 57.2 Å². The zero-order valence-corrected chi connectivity index (χ0v) is 33.7. The van der Waals surface area contributed by atoms with Crippen molar-refractivity contribution >= 4 is 38.7 Å². The van der Waals surface area contributed by atoms with Gasteiger partial charge in [0.05, 0.1) is 17.7 Å². The standard InChI is InChI=1S/C33H50N4O10SSi2/c1-21-18-37(30(41)36(8)27(21)39)28-25(46-50(11,12)32(5,6)7)33(24(45-28)19-44-49(9,10)31(2,3)4)23(20-48(42,43)47-33)34-29(40)35-26(38)22-16-14-13-15-17-22/h13-18,20,24-25,28H,19H2,1-12H3,(H2,34,35,38,40)/t24-,25+,28-,33-/m1/s1. The molecule has 4 rings (SSSR count). The van der Waals surface area contributed by atoms with Gasteiger partial charge in [0.1, 0.15) is 12.2 Å². The van der Waals surface area contributed by atoms with Gasteiger partial charge in [-0.15, -0.1) is 0 Å². The van der Waals surface area contributed by atoms with Crippen LogP contribution < -0.4 is 21.9 Å². The van der Waals surface area contributed by atoms with Gasteiger partial charge >= 0.3 is 11.7 Å². The number of hydrogen-bond acceptors (Lipinski definition) is 10. The summed E-state index contributed by atoms with van der Waals surface area (Å²) in [5, 5.41) is 4.88. The predicted octanol–water partition coefficient (Wildman–Crippen LogP) is 4.24. The molecule has 1 saturated heterocycles. The minimum Gasteiger partial charge on any atom is -0.414 e. The first-order valence-electron chi connectivity index (χ1n) is 16.4. The van der Waals surface area contributed by atoms with Crippen LogP contribution in [0.25, 0.3) is 0 Å². The highest BCUT2D eigenvalue weighted by atomic mass is 32.2. The number of imide groups is 1. The number of benzene rings is 1. The predicted molar refractivity (Wildman–Crippen MR) is 193 cm³/mol. The normalized spacial score (nSPS) is 23.9. The number of nitrogens with one attached hydrogen (secondary N) is 2. The smallest absolute Gasteiger partial charge is 0.332 e. The van der Waals surface area contributed by atoms with E-state index in [4.69, 9.17) is 17.8 Å². The number of nitrogens with zero attached hydrogens (tertiary/aromatic N) is 2. The van der Waals surface area contributed by atoms with Gasteiger partial charge in [-0.25, -0.2) is 13.8 Å². The Kier molecular flexibility index (Phi) is 10.6. The molecule has 4 atom stereocenters. The fourth-order valence-electron chi connectivity index (χ4n) is 5.25. The van der Waals surface area contributed by atoms with Crippen molar-refractivity contribution in [2.75, 3.05) is 6.61 Å². The van der Waals surface area contributed by atoms with Crippen LogP contribution in [0.1, 0.15) is 63.7 Å². The Morgan fingerprint density at radius 2 is 1.56 bits per heavy atom. The molecule has 276 valence electrons. The molecule has 3 amide bonds. The largest absolute Gasteiger partial charge is 0.414 e. The van der Waals surface area contributed by atoms with Gasteiger partial charge in [-0.2, -0.15) is 8.42 Å². The third kappa shape index (κ3) is 7.54. The summed E-state index contributed by atoms with van der Waals surface area (Å²) in [6, 6.07) is 7.00. The van der Waals surface area contributed by atoms with Crippen LogP contribution in [-0.4, -0.2) is 70.5 Å². The first kappa shape index (κ1) is 39.6. The minimum atomic E-state index is -4.51. The summed E-state index contributed by atoms with van der Waals surface area (Å²) in [7, 11) is -8.58. The van der Waals surface area contributed by atoms with Crippen molar-refractivity contribution in [3.8, 4) is 0 Å². The summed E-state index contributed by atoms with van der Waals surface area (Å²) in [4.78, 5) is 52.8. The second-order valence-corrected chi connectivity index (χ2v) is 26.9. The summed E-state index contributed by atoms with van der Waals surface area (Å²) >= 11 is 0. The zero-order chi connectivity index (χ0) is 37.8. The molecule has 0 aliphatic carbocycles. The molecule has 0 radical (unpaired) electrons. The first-order valence-corrected chi connectivity index (χ1v) is 23.6. The zero-order valence-electron chi connectivity index (χ0n) is 30.9. The Hall–Kier alpha value is -3.20. The number of urea groups is 1. The van der Waals surface area contributed by atoms with Gasteiger partial charge in [-0.1, -0.05) is 59.7 Å². The van der Waals surface area contributed by atoms with Crippen molar-refractivity contribution in [3.63, 3.8) is 0 Å². The van der Waals surface area contributed by atoms with Crippen LogP contribution in [0.4, 0.5) is 4.79 Å². The Labute approximate surface area is 295 Å². The lowest BCUT2D eigenvalue weighted by molar-refractivity contribution is -0.0571. The second-order valence-electron chi connectivity index (χ2n) is 15.9. The van der Waals surface area contributed by atoms with E-state index in [0.717, 1.165) is 9.98 Å². The van der Waals surface area contributed by atoms with E-state index in [1.54, 1.807) is 25.1 Å². The lowest BCUT2D eigenvalue weighted by Gasteiger charge is -2.44. The molecule has 50 heavy (non-hydrogen) atoms. The van der Waals surface area contributed by atoms with Gasteiger partial charge in [0.2, 0.25) is 0 Å². The van der Waals surface area contributed by atoms with Crippen molar-refractivity contribution in [2.24, 2.45) is 7.05 Å². The van der Waals surface area contributed by atoms with E-state index in [0.29, 0.717) is 0 Å². The molecule has 2 aliphatic heterocycles. The van der Waals surface area contributed by atoms with Crippen LogP contribution in [-0.2, 0) is 34.9 Å². The highest BCUT2D eigenvalue weighted by Gasteiger charge is 2.68. The Morgan fingerprint density at radius 3 is 2.12 bits per heavy atom. The average Bonchev–Trinajstić information content (AvgIpc) is 3.43. The van der Waals surface area contributed by atoms with Crippen molar-refractivity contribution in [1.82, 2.24) is 19.8 Å². The summed E-state index contributed by atoms with van der Waals surface area (Å²) in [5.74, 6) is -0.723. The molecule has 1 fully saturated rings. The average molecular weight is 751 g/mol. The molecule has 1 aromatic heterocycles. The molecule has 2 N–H and O–H groups in total. The Morgan fingerprint density at radius 1 is 0.980 bits per heavy atom. The molecule has 1 aromatic carbocycles. The molecular weight excluding hydrogens is 701 g/mol. The van der Waals surface area contributed by atoms with Gasteiger partial charge < -0.3 is 18.9 Å². The fourth-order valence-corrected chi connectivity index (χ4v) is 8.78. The summed E-state index contributed by atoms with van der Waals surface area (Å²) in [6.45, 7) is 21.3. The Bertz CT molecular complexity index is 1910. The van der Waals surface area contributed by atoms with E-state index in [-0.39, 0.29) is 28.5 Å². The molecule has 3 heterocycles. The SMILES string of the molecule is Cc1cn([C@@H]2O[C@H](CO[Si](C)(C)C(C)(C)C)[C@@]3(OS(=O)(=O)C=C3NC(=O)NC(=O)c3ccccc3)[C@H]2O[Si](C)(C)C(C)(C)C)c(=O)n(C)c1=O. The number of aryl methyl sites for hydroxylation is 1. The number of hydrogen-bond donors (Lipinski definition) is 2. The highest BCUT2D eigenvalue weighted by molar-refractivity contribution is 7.90. The van der Waals surface area contributed by atoms with Crippen LogP contribution in [0.2, 0.25) is 36.3 Å². The molecule has 2 aromatic rings. The van der Waals surface area contributed by atoms with Crippen molar-refractivity contribution in [2.45, 2.75) is 109 Å². The summed E-state index contributed by atoms with van der Waals surface area (Å²) in [5.41, 5.74) is -3.18. The van der Waals surface area contributed by atoms with E-state index in [1.807, 2.05) is 67.7 Å². The number of rotatable bonds is 8. The van der Waals surface area contributed by atoms with Gasteiger partial charge in [-0.3, -0.25) is 24.0 Å². The van der Waals surface area contributed by atoms with Crippen molar-refractivity contribution in [3.05, 3.63) is 79.6 Å². The quantitative estimate of drug-likeness (QED) is 0.294. The maximum atomic E-state index is 13.7. The van der Waals surface area contributed by atoms with Crippen LogP contribution in [0.3, 0.4) is 0 Å². The number of aromatic nitrogens is 2. The number of carbonyl (C=O) groups excluding carboxylic acids is 2. The molecule has 17 heteroatoms. The number of carbonyl (C=O) groups is 2. The molecule has 2 aliphatic rings. The van der Waals surface area contributed by atoms with Crippen LogP contribution in [0.5, 0.6) is 0 Å². The van der Waals surface area contributed by atoms with Crippen molar-refractivity contribution < 1.29 is 35.8 Å². The first-order chi connectivity index (χ1) is 22.7. The third-order valence-electron chi connectivity index (χ3n) is 10.3. The van der Waals surface area contributed by atoms with Gasteiger partial charge in [-0.05, 0) is 55.3 Å². The van der Waals surface area contributed by atoms with Gasteiger partial charge in [0.25, 0.3) is 21.6 Å². The number of ether oxygens (including phenoxy) is 1. The molecular formula is C33H50N4O10SSi2. The summed E-state index contributed by atoms with van der Waals surface area (Å²) < 4.78 is 55.3. The molecule has 0 unspecified atom stereocenters. The molecule has 14 nitrogen and oxygen atoms in total. The lowest BCUT2D eigenvalue weighted by atomic mass is 9.89. The minimum absolute atomic E-state index is 0.204. The molecule has 1 spiro atoms. The van der Waals surface area contributed by atoms with Crippen molar-refractivity contribution in [1.29, 1.82) is 0 Å². The van der Waals surface area contributed by atoms with E-state index in [1.165, 1.54) is 29.9 Å². The summed E-state index contributed by atoms with van der Waals surface area (Å²) in [6.07, 6.45) is -2.65. The van der Waals surface area contributed by atoms with Gasteiger partial charge in [0, 0.05) is 24.4 Å². The fraction of sp³-hybridized carbons (Fsp3) is 0.576. The second kappa shape index (κ2) is 13.4. The van der Waals surface area contributed by atoms with E-state index >= 15 is 0 Å². The molecule has 0 saturated carbocycles. The van der Waals surface area contributed by atoms with Gasteiger partial charge in [0.15, 0.2) is 28.5 Å². The van der Waals surface area contributed by atoms with Crippen LogP contribution in [0, 0.1) is 6.92 Å². The van der Waals surface area contributed by atoms with E-state index in [2.05, 4.69) is 10.6 Å².